The molecule has 0 bridgehead atoms. The van der Waals surface area contributed by atoms with E-state index in [4.69, 9.17) is 4.74 Å². The highest BCUT2D eigenvalue weighted by molar-refractivity contribution is 5.81. The normalized spacial score (nSPS) is 17.9. The van der Waals surface area contributed by atoms with Gasteiger partial charge >= 0.3 is 0 Å². The fraction of sp³-hybridized carbons (Fsp3) is 0.933. The number of hydrogen-bond donors (Lipinski definition) is 2. The van der Waals surface area contributed by atoms with E-state index < -0.39 is 0 Å². The number of carbonyl (C=O) groups excluding carboxylic acids is 1. The van der Waals surface area contributed by atoms with E-state index in [0.29, 0.717) is 12.0 Å². The minimum absolute atomic E-state index is 0.106. The average molecular weight is 270 g/mol. The predicted molar refractivity (Wildman–Crippen MR) is 78.1 cm³/mol. The van der Waals surface area contributed by atoms with Gasteiger partial charge in [0, 0.05) is 19.3 Å². The van der Waals surface area contributed by atoms with Crippen LogP contribution in [0.3, 0.4) is 0 Å². The van der Waals surface area contributed by atoms with Crippen LogP contribution in [0, 0.1) is 5.92 Å². The van der Waals surface area contributed by atoms with E-state index in [0.717, 1.165) is 39.0 Å². The number of hydrogen-bond acceptors (Lipinski definition) is 3. The van der Waals surface area contributed by atoms with Crippen LogP contribution >= 0.6 is 0 Å². The van der Waals surface area contributed by atoms with Crippen molar-refractivity contribution in [3.63, 3.8) is 0 Å². The molecule has 112 valence electrons. The van der Waals surface area contributed by atoms with Gasteiger partial charge in [0.05, 0.1) is 6.04 Å². The quantitative estimate of drug-likeness (QED) is 0.631. The topological polar surface area (TPSA) is 50.4 Å². The highest BCUT2D eigenvalue weighted by atomic mass is 16.5. The minimum atomic E-state index is -0.106. The van der Waals surface area contributed by atoms with E-state index in [-0.39, 0.29) is 11.9 Å². The second-order valence-corrected chi connectivity index (χ2v) is 5.99. The first-order chi connectivity index (χ1) is 9.09. The van der Waals surface area contributed by atoms with Gasteiger partial charge in [0.25, 0.3) is 0 Å². The first kappa shape index (κ1) is 16.4. The molecule has 4 nitrogen and oxygen atoms in total. The van der Waals surface area contributed by atoms with E-state index in [1.165, 1.54) is 12.8 Å². The van der Waals surface area contributed by atoms with Crippen LogP contribution in [0.1, 0.15) is 52.9 Å². The van der Waals surface area contributed by atoms with E-state index in [2.05, 4.69) is 24.5 Å². The Morgan fingerprint density at radius 2 is 1.95 bits per heavy atom. The van der Waals surface area contributed by atoms with Crippen molar-refractivity contribution in [1.29, 1.82) is 0 Å². The lowest BCUT2D eigenvalue weighted by molar-refractivity contribution is -0.123. The molecule has 0 heterocycles. The maximum absolute atomic E-state index is 11.9. The monoisotopic (exact) mass is 270 g/mol. The Morgan fingerprint density at radius 1 is 1.26 bits per heavy atom. The summed E-state index contributed by atoms with van der Waals surface area (Å²) in [4.78, 5) is 11.9. The minimum Gasteiger partial charge on any atom is -0.381 e. The van der Waals surface area contributed by atoms with E-state index in [1.807, 2.05) is 6.92 Å². The molecule has 1 fully saturated rings. The summed E-state index contributed by atoms with van der Waals surface area (Å²) in [5.41, 5.74) is 0. The molecule has 1 aliphatic carbocycles. The smallest absolute Gasteiger partial charge is 0.237 e. The van der Waals surface area contributed by atoms with Crippen molar-refractivity contribution in [2.45, 2.75) is 65.0 Å². The van der Waals surface area contributed by atoms with Gasteiger partial charge in [-0.2, -0.15) is 0 Å². The third-order valence-corrected chi connectivity index (χ3v) is 3.46. The molecule has 1 atom stereocenters. The number of ether oxygens (including phenoxy) is 1. The first-order valence-corrected chi connectivity index (χ1v) is 7.71. The molecular weight excluding hydrogens is 240 g/mol. The Morgan fingerprint density at radius 3 is 2.58 bits per heavy atom. The van der Waals surface area contributed by atoms with Gasteiger partial charge in [-0.05, 0) is 38.6 Å². The van der Waals surface area contributed by atoms with Crippen molar-refractivity contribution in [1.82, 2.24) is 10.6 Å². The van der Waals surface area contributed by atoms with Crippen LogP contribution in [0.25, 0.3) is 0 Å². The molecule has 1 amide bonds. The Labute approximate surface area is 117 Å². The van der Waals surface area contributed by atoms with Crippen molar-refractivity contribution < 1.29 is 9.53 Å². The van der Waals surface area contributed by atoms with Gasteiger partial charge in [0.2, 0.25) is 5.91 Å². The van der Waals surface area contributed by atoms with Gasteiger partial charge in [-0.3, -0.25) is 4.79 Å². The molecule has 19 heavy (non-hydrogen) atoms. The standard InChI is InChI=1S/C15H30N2O2/c1-12(2)11-19-10-6-9-16-13(3)15(18)17-14-7-4-5-8-14/h12-14,16H,4-11H2,1-3H3,(H,17,18). The van der Waals surface area contributed by atoms with Gasteiger partial charge in [-0.1, -0.05) is 26.7 Å². The molecule has 2 N–H and O–H groups in total. The number of amides is 1. The summed E-state index contributed by atoms with van der Waals surface area (Å²) in [7, 11) is 0. The lowest BCUT2D eigenvalue weighted by Gasteiger charge is -2.17. The van der Waals surface area contributed by atoms with Crippen LogP contribution in [0.15, 0.2) is 0 Å². The molecule has 1 saturated carbocycles. The Bertz CT molecular complexity index is 251. The van der Waals surface area contributed by atoms with Crippen LogP contribution in [-0.2, 0) is 9.53 Å². The summed E-state index contributed by atoms with van der Waals surface area (Å²) < 4.78 is 5.50. The highest BCUT2D eigenvalue weighted by Gasteiger charge is 2.19. The molecule has 0 aromatic carbocycles. The largest absolute Gasteiger partial charge is 0.381 e. The summed E-state index contributed by atoms with van der Waals surface area (Å²) >= 11 is 0. The van der Waals surface area contributed by atoms with Crippen molar-refractivity contribution in [2.75, 3.05) is 19.8 Å². The number of carbonyl (C=O) groups is 1. The Kier molecular flexibility index (Phi) is 8.07. The van der Waals surface area contributed by atoms with Crippen LogP contribution in [0.2, 0.25) is 0 Å². The van der Waals surface area contributed by atoms with Gasteiger partial charge in [-0.25, -0.2) is 0 Å². The number of nitrogens with one attached hydrogen (secondary N) is 2. The third kappa shape index (κ3) is 7.53. The van der Waals surface area contributed by atoms with Crippen LogP contribution in [-0.4, -0.2) is 37.7 Å². The third-order valence-electron chi connectivity index (χ3n) is 3.46. The second-order valence-electron chi connectivity index (χ2n) is 5.99. The Hall–Kier alpha value is -0.610. The zero-order valence-corrected chi connectivity index (χ0v) is 12.7. The zero-order valence-electron chi connectivity index (χ0n) is 12.7. The number of rotatable bonds is 9. The van der Waals surface area contributed by atoms with Crippen molar-refractivity contribution >= 4 is 5.91 Å². The van der Waals surface area contributed by atoms with Crippen LogP contribution in [0.5, 0.6) is 0 Å². The summed E-state index contributed by atoms with van der Waals surface area (Å²) in [6, 6.07) is 0.303. The second kappa shape index (κ2) is 9.32. The SMILES string of the molecule is CC(C)COCCCNC(C)C(=O)NC1CCCC1. The summed E-state index contributed by atoms with van der Waals surface area (Å²) in [6.45, 7) is 8.64. The molecule has 1 unspecified atom stereocenters. The average Bonchev–Trinajstić information content (AvgIpc) is 2.85. The fourth-order valence-corrected chi connectivity index (χ4v) is 2.30. The molecule has 0 aromatic heterocycles. The van der Waals surface area contributed by atoms with E-state index in [9.17, 15) is 4.79 Å². The lowest BCUT2D eigenvalue weighted by atomic mass is 10.2. The van der Waals surface area contributed by atoms with Crippen LogP contribution < -0.4 is 10.6 Å². The summed E-state index contributed by atoms with van der Waals surface area (Å²) in [5.74, 6) is 0.721. The van der Waals surface area contributed by atoms with Gasteiger partial charge in [0.15, 0.2) is 0 Å². The molecule has 0 radical (unpaired) electrons. The summed E-state index contributed by atoms with van der Waals surface area (Å²) in [6.07, 6.45) is 5.73. The Balaban J connectivity index is 1.99. The fourth-order valence-electron chi connectivity index (χ4n) is 2.30. The van der Waals surface area contributed by atoms with Crippen molar-refractivity contribution in [3.05, 3.63) is 0 Å². The van der Waals surface area contributed by atoms with Crippen LogP contribution in [0.4, 0.5) is 0 Å². The molecule has 1 aliphatic rings. The molecular formula is C15H30N2O2. The van der Waals surface area contributed by atoms with E-state index in [1.54, 1.807) is 0 Å². The maximum Gasteiger partial charge on any atom is 0.237 e. The molecule has 0 aromatic rings. The zero-order chi connectivity index (χ0) is 14.1. The summed E-state index contributed by atoms with van der Waals surface area (Å²) in [5, 5.41) is 6.37. The predicted octanol–water partition coefficient (Wildman–Crippen LogP) is 2.09. The molecule has 0 aliphatic heterocycles. The molecule has 1 rings (SSSR count). The van der Waals surface area contributed by atoms with Gasteiger partial charge < -0.3 is 15.4 Å². The highest BCUT2D eigenvalue weighted by Crippen LogP contribution is 2.17. The van der Waals surface area contributed by atoms with Gasteiger partial charge in [-0.15, -0.1) is 0 Å². The molecule has 0 saturated heterocycles. The molecule has 4 heteroatoms. The molecule has 0 spiro atoms. The first-order valence-electron chi connectivity index (χ1n) is 7.71. The maximum atomic E-state index is 11.9. The lowest BCUT2D eigenvalue weighted by Crippen LogP contribution is -2.45. The van der Waals surface area contributed by atoms with E-state index >= 15 is 0 Å². The van der Waals surface area contributed by atoms with Gasteiger partial charge in [0.1, 0.15) is 0 Å². The van der Waals surface area contributed by atoms with Crippen molar-refractivity contribution in [3.8, 4) is 0 Å². The van der Waals surface area contributed by atoms with Crippen molar-refractivity contribution in [2.24, 2.45) is 5.92 Å².